The molecule has 19 nitrogen and oxygen atoms in total. The van der Waals surface area contributed by atoms with Crippen LogP contribution in [0, 0.1) is 29.6 Å². The fraction of sp³-hybridized carbons (Fsp3) is 0.534. The van der Waals surface area contributed by atoms with Crippen LogP contribution in [0.4, 0.5) is 11.5 Å². The first-order chi connectivity index (χ1) is 37.5. The minimum Gasteiger partial charge on any atom is -0.391 e. The molecular formula is C58H75N11O8S. The van der Waals surface area contributed by atoms with Crippen molar-refractivity contribution in [3.8, 4) is 16.5 Å². The van der Waals surface area contributed by atoms with E-state index in [9.17, 15) is 35.0 Å². The minimum absolute atomic E-state index is 0.00173. The highest BCUT2D eigenvalue weighted by molar-refractivity contribution is 7.13. The van der Waals surface area contributed by atoms with Gasteiger partial charge in [-0.2, -0.15) is 5.26 Å². The fourth-order valence-corrected chi connectivity index (χ4v) is 12.3. The Morgan fingerprint density at radius 1 is 0.949 bits per heavy atom. The molecule has 20 heteroatoms. The second-order valence-corrected chi connectivity index (χ2v) is 23.3. The van der Waals surface area contributed by atoms with Crippen LogP contribution in [0.2, 0.25) is 0 Å². The average Bonchev–Trinajstić information content (AvgIpc) is 4.24. The van der Waals surface area contributed by atoms with Crippen molar-refractivity contribution in [3.63, 3.8) is 0 Å². The lowest BCUT2D eigenvalue weighted by Gasteiger charge is -2.38. The van der Waals surface area contributed by atoms with Crippen molar-refractivity contribution in [1.82, 2.24) is 40.7 Å². The summed E-state index contributed by atoms with van der Waals surface area (Å²) in [5, 5.41) is 55.4. The van der Waals surface area contributed by atoms with Crippen LogP contribution in [0.15, 0.2) is 72.2 Å². The van der Waals surface area contributed by atoms with E-state index in [0.717, 1.165) is 62.8 Å². The minimum atomic E-state index is -1.04. The number of likely N-dealkylation sites (tertiary alicyclic amines) is 2. The molecule has 0 saturated carbocycles. The Morgan fingerprint density at radius 3 is 2.47 bits per heavy atom. The summed E-state index contributed by atoms with van der Waals surface area (Å²) in [6.07, 6.45) is -1.14. The second kappa shape index (κ2) is 24.9. The summed E-state index contributed by atoms with van der Waals surface area (Å²) in [6.45, 7) is 13.0. The maximum Gasteiger partial charge on any atom is 0.246 e. The number of ether oxygens (including phenoxy) is 2. The van der Waals surface area contributed by atoms with E-state index in [1.807, 2.05) is 82.4 Å². The molecule has 3 amide bonds. The standard InChI is InChI=1S/C58H75N11O8S/c1-35(37-14-16-39(17-15-37)52-36(2)61-34-78-52)62-56(74)48-27-42(70)30-69(48)57(75)53(58(3,4)5)64-50(72)33-77-25-24-76-32-49(71)40-26-47(66(6)28-40)51(73)54-63-45-31-67(46-13-9-11-38-10-7-8-12-43(38)46)22-19-44(45)55(65-54)68-23-21-60-41(29-68)18-20-59/h7-17,34-35,40-42,47-49,51,53,60,70-71,73H,18-19,21-33H2,1-6H3,(H,62,74)(H,64,72)/t35-,40+,41-,42?,47-,48?,49?,51?,53+/m0/s1. The zero-order valence-corrected chi connectivity index (χ0v) is 46.4. The van der Waals surface area contributed by atoms with Crippen LogP contribution < -0.4 is 25.8 Å². The van der Waals surface area contributed by atoms with Crippen LogP contribution in [-0.4, -0.2) is 167 Å². The number of likely N-dealkylation sites (N-methyl/N-ethyl adjacent to an activating group) is 1. The van der Waals surface area contributed by atoms with Crippen molar-refractivity contribution >= 4 is 51.3 Å². The van der Waals surface area contributed by atoms with Crippen LogP contribution in [-0.2, 0) is 36.8 Å². The van der Waals surface area contributed by atoms with Gasteiger partial charge in [0.15, 0.2) is 5.82 Å². The number of nitriles is 1. The lowest BCUT2D eigenvalue weighted by molar-refractivity contribution is -0.144. The van der Waals surface area contributed by atoms with Crippen molar-refractivity contribution in [2.24, 2.45) is 11.3 Å². The van der Waals surface area contributed by atoms with Crippen molar-refractivity contribution in [3.05, 3.63) is 101 Å². The van der Waals surface area contributed by atoms with E-state index in [4.69, 9.17) is 19.4 Å². The van der Waals surface area contributed by atoms with Crippen LogP contribution in [0.3, 0.4) is 0 Å². The van der Waals surface area contributed by atoms with Gasteiger partial charge in [-0.25, -0.2) is 15.0 Å². The second-order valence-electron chi connectivity index (χ2n) is 22.5. The number of hydrogen-bond donors (Lipinski definition) is 6. The third-order valence-corrected chi connectivity index (χ3v) is 16.8. The summed E-state index contributed by atoms with van der Waals surface area (Å²) in [7, 11) is 1.93. The zero-order chi connectivity index (χ0) is 55.3. The van der Waals surface area contributed by atoms with E-state index in [2.05, 4.69) is 73.2 Å². The summed E-state index contributed by atoms with van der Waals surface area (Å²) >= 11 is 1.57. The number of carbonyl (C=O) groups is 3. The molecule has 5 aromatic rings. The first-order valence-electron chi connectivity index (χ1n) is 27.3. The molecule has 3 saturated heterocycles. The lowest BCUT2D eigenvalue weighted by atomic mass is 9.85. The molecule has 78 heavy (non-hydrogen) atoms. The number of β-amino-alcohol motifs (C(OH)–C–C–N with tert-alkyl or cyclic N) is 1. The van der Waals surface area contributed by atoms with E-state index >= 15 is 0 Å². The maximum absolute atomic E-state index is 14.2. The highest BCUT2D eigenvalue weighted by Gasteiger charge is 2.45. The quantitative estimate of drug-likeness (QED) is 0.0627. The Kier molecular flexibility index (Phi) is 18.0. The van der Waals surface area contributed by atoms with E-state index in [0.29, 0.717) is 51.4 Å². The van der Waals surface area contributed by atoms with E-state index < -0.39 is 53.5 Å². The molecule has 9 atom stereocenters. The van der Waals surface area contributed by atoms with Crippen LogP contribution >= 0.6 is 11.3 Å². The number of hydrogen-bond acceptors (Lipinski definition) is 17. The SMILES string of the molecule is Cc1ncsc1-c1ccc([C@H](C)NC(=O)C2CC(O)CN2C(=O)[C@@H](NC(=O)COCCOCC(O)[C@@H]2C[C@@H](C(O)c3nc4c(c(N5CCN[C@@H](CC#N)C5)n3)CCN(c3cccc5ccccc35)C4)N(C)C2)C(C)(C)C)cc1. The van der Waals surface area contributed by atoms with Gasteiger partial charge < -0.3 is 55.4 Å². The van der Waals surface area contributed by atoms with Crippen LogP contribution in [0.1, 0.15) is 87.4 Å². The number of piperazine rings is 1. The molecule has 2 aromatic heterocycles. The van der Waals surface area contributed by atoms with Gasteiger partial charge in [0.1, 0.15) is 30.6 Å². The molecule has 4 unspecified atom stereocenters. The third kappa shape index (κ3) is 13.0. The van der Waals surface area contributed by atoms with E-state index in [1.165, 1.54) is 10.3 Å². The molecule has 0 aliphatic carbocycles. The first kappa shape index (κ1) is 56.6. The van der Waals surface area contributed by atoms with Gasteiger partial charge in [0.25, 0.3) is 0 Å². The summed E-state index contributed by atoms with van der Waals surface area (Å²) in [5.74, 6) is -0.448. The number of nitrogens with one attached hydrogen (secondary N) is 3. The number of nitrogens with zero attached hydrogens (tertiary/aromatic N) is 8. The lowest BCUT2D eigenvalue weighted by Crippen LogP contribution is -2.58. The van der Waals surface area contributed by atoms with Gasteiger partial charge in [-0.15, -0.1) is 11.3 Å². The molecule has 4 aliphatic heterocycles. The largest absolute Gasteiger partial charge is 0.391 e. The van der Waals surface area contributed by atoms with Crippen LogP contribution in [0.5, 0.6) is 0 Å². The monoisotopic (exact) mass is 1090 g/mol. The molecule has 4 aliphatic rings. The number of benzene rings is 3. The Balaban J connectivity index is 0.757. The van der Waals surface area contributed by atoms with Crippen molar-refractivity contribution < 1.29 is 39.2 Å². The summed E-state index contributed by atoms with van der Waals surface area (Å²) in [4.78, 5) is 64.9. The number of rotatable bonds is 19. The maximum atomic E-state index is 14.2. The number of aromatic nitrogens is 3. The highest BCUT2D eigenvalue weighted by atomic mass is 32.1. The molecule has 3 aromatic carbocycles. The predicted octanol–water partition coefficient (Wildman–Crippen LogP) is 4.43. The number of anilines is 2. The molecule has 0 spiro atoms. The van der Waals surface area contributed by atoms with E-state index in [-0.39, 0.29) is 63.4 Å². The topological polar surface area (TPSA) is 242 Å². The number of thiazole rings is 1. The zero-order valence-electron chi connectivity index (χ0n) is 45.6. The molecule has 9 rings (SSSR count). The Bertz CT molecular complexity index is 2940. The van der Waals surface area contributed by atoms with Crippen LogP contribution in [0.25, 0.3) is 21.2 Å². The van der Waals surface area contributed by atoms with Crippen molar-refractivity contribution in [2.75, 3.05) is 82.5 Å². The molecule has 3 fully saturated rings. The van der Waals surface area contributed by atoms with Gasteiger partial charge in [-0.1, -0.05) is 81.4 Å². The third-order valence-electron chi connectivity index (χ3n) is 15.8. The molecular weight excluding hydrogens is 1010 g/mol. The number of fused-ring (bicyclic) bond motifs is 2. The molecule has 6 N–H and O–H groups in total. The predicted molar refractivity (Wildman–Crippen MR) is 298 cm³/mol. The fourth-order valence-electron chi connectivity index (χ4n) is 11.5. The number of aliphatic hydroxyl groups excluding tert-OH is 3. The Morgan fingerprint density at radius 2 is 1.72 bits per heavy atom. The number of carbonyl (C=O) groups excluding carboxylic acids is 3. The van der Waals surface area contributed by atoms with Crippen molar-refractivity contribution in [1.29, 1.82) is 5.26 Å². The van der Waals surface area contributed by atoms with Gasteiger partial charge in [0.2, 0.25) is 17.7 Å². The van der Waals surface area contributed by atoms with Gasteiger partial charge in [-0.05, 0) is 61.7 Å². The summed E-state index contributed by atoms with van der Waals surface area (Å²) in [6, 6.07) is 22.2. The highest BCUT2D eigenvalue weighted by Crippen LogP contribution is 2.38. The normalized spacial score (nSPS) is 22.4. The Labute approximate surface area is 461 Å². The molecule has 0 bridgehead atoms. The number of aliphatic hydroxyl groups is 3. The van der Waals surface area contributed by atoms with E-state index in [1.54, 1.807) is 11.3 Å². The van der Waals surface area contributed by atoms with Crippen molar-refractivity contribution in [2.45, 2.75) is 115 Å². The Hall–Kier alpha value is -6.15. The molecule has 0 radical (unpaired) electrons. The number of aryl methyl sites for hydroxylation is 1. The average molecular weight is 1090 g/mol. The van der Waals surface area contributed by atoms with Gasteiger partial charge >= 0.3 is 0 Å². The smallest absolute Gasteiger partial charge is 0.246 e. The van der Waals surface area contributed by atoms with Gasteiger partial charge in [0.05, 0.1) is 78.9 Å². The summed E-state index contributed by atoms with van der Waals surface area (Å²) in [5.41, 5.74) is 7.02. The number of amides is 3. The first-order valence-corrected chi connectivity index (χ1v) is 28.1. The van der Waals surface area contributed by atoms with Gasteiger partial charge in [-0.3, -0.25) is 19.3 Å². The summed E-state index contributed by atoms with van der Waals surface area (Å²) < 4.78 is 11.5. The molecule has 416 valence electrons. The molecule has 6 heterocycles. The van der Waals surface area contributed by atoms with Gasteiger partial charge in [0, 0.05) is 80.3 Å².